The van der Waals surface area contributed by atoms with Gasteiger partial charge >= 0.3 is 6.18 Å². The van der Waals surface area contributed by atoms with Crippen LogP contribution in [0.4, 0.5) is 13.2 Å². The Bertz CT molecular complexity index is 383. The van der Waals surface area contributed by atoms with Crippen LogP contribution in [0, 0.1) is 5.92 Å². The van der Waals surface area contributed by atoms with Crippen LogP contribution in [0.5, 0.6) is 0 Å². The molecule has 0 aromatic heterocycles. The van der Waals surface area contributed by atoms with E-state index in [1.165, 1.54) is 12.1 Å². The second kappa shape index (κ2) is 6.94. The molecule has 0 saturated carbocycles. The molecule has 0 spiro atoms. The molecular weight excluding hydrogens is 251 g/mol. The van der Waals surface area contributed by atoms with Crippen LogP contribution in [0.3, 0.4) is 0 Å². The summed E-state index contributed by atoms with van der Waals surface area (Å²) in [7, 11) is 1.80. The number of hydrogen-bond acceptors (Lipinski definition) is 1. The quantitative estimate of drug-likeness (QED) is 0.785. The third-order valence-corrected chi connectivity index (χ3v) is 3.69. The summed E-state index contributed by atoms with van der Waals surface area (Å²) in [6.45, 7) is 4.24. The lowest BCUT2D eigenvalue weighted by molar-refractivity contribution is -0.137. The zero-order valence-corrected chi connectivity index (χ0v) is 11.7. The lowest BCUT2D eigenvalue weighted by atomic mass is 9.90. The first-order chi connectivity index (χ1) is 8.92. The highest BCUT2D eigenvalue weighted by Crippen LogP contribution is 2.32. The van der Waals surface area contributed by atoms with Gasteiger partial charge in [0, 0.05) is 6.04 Å². The molecule has 0 bridgehead atoms. The molecule has 4 heteroatoms. The maximum absolute atomic E-state index is 12.7. The molecule has 0 fully saturated rings. The van der Waals surface area contributed by atoms with Gasteiger partial charge in [-0.2, -0.15) is 13.2 Å². The van der Waals surface area contributed by atoms with E-state index >= 15 is 0 Å². The smallest absolute Gasteiger partial charge is 0.313 e. The zero-order valence-electron chi connectivity index (χ0n) is 11.7. The van der Waals surface area contributed by atoms with Crippen molar-refractivity contribution < 1.29 is 13.2 Å². The molecule has 0 saturated heterocycles. The Morgan fingerprint density at radius 1 is 1.16 bits per heavy atom. The number of rotatable bonds is 6. The van der Waals surface area contributed by atoms with Crippen LogP contribution < -0.4 is 5.32 Å². The summed E-state index contributed by atoms with van der Waals surface area (Å²) in [6.07, 6.45) is -1.31. The van der Waals surface area contributed by atoms with Crippen LogP contribution in [-0.2, 0) is 6.18 Å². The van der Waals surface area contributed by atoms with E-state index in [9.17, 15) is 13.2 Å². The van der Waals surface area contributed by atoms with E-state index in [1.807, 2.05) is 0 Å². The predicted molar refractivity (Wildman–Crippen MR) is 71.9 cm³/mol. The van der Waals surface area contributed by atoms with Gasteiger partial charge in [-0.25, -0.2) is 0 Å². The third kappa shape index (κ3) is 4.53. The Kier molecular flexibility index (Phi) is 5.85. The topological polar surface area (TPSA) is 12.0 Å². The molecule has 0 radical (unpaired) electrons. The SMILES string of the molecule is CCC(CC)CC(NC)c1cccc(C(F)(F)F)c1. The molecule has 1 nitrogen and oxygen atoms in total. The number of alkyl halides is 3. The van der Waals surface area contributed by atoms with E-state index in [0.717, 1.165) is 25.3 Å². The molecule has 0 aliphatic rings. The van der Waals surface area contributed by atoms with Crippen molar-refractivity contribution >= 4 is 0 Å². The van der Waals surface area contributed by atoms with Gasteiger partial charge in [0.15, 0.2) is 0 Å². The van der Waals surface area contributed by atoms with Crippen LogP contribution >= 0.6 is 0 Å². The van der Waals surface area contributed by atoms with Crippen molar-refractivity contribution in [3.8, 4) is 0 Å². The van der Waals surface area contributed by atoms with Crippen molar-refractivity contribution in [2.45, 2.75) is 45.3 Å². The lowest BCUT2D eigenvalue weighted by Gasteiger charge is -2.22. The van der Waals surface area contributed by atoms with E-state index in [-0.39, 0.29) is 6.04 Å². The highest BCUT2D eigenvalue weighted by atomic mass is 19.4. The molecule has 1 N–H and O–H groups in total. The Morgan fingerprint density at radius 3 is 2.26 bits per heavy atom. The minimum atomic E-state index is -4.27. The van der Waals surface area contributed by atoms with Gasteiger partial charge in [0.1, 0.15) is 0 Å². The lowest BCUT2D eigenvalue weighted by Crippen LogP contribution is -2.20. The van der Waals surface area contributed by atoms with Crippen molar-refractivity contribution in [3.05, 3.63) is 35.4 Å². The molecule has 0 amide bonds. The zero-order chi connectivity index (χ0) is 14.5. The van der Waals surface area contributed by atoms with Gasteiger partial charge in [-0.15, -0.1) is 0 Å². The Morgan fingerprint density at radius 2 is 1.79 bits per heavy atom. The summed E-state index contributed by atoms with van der Waals surface area (Å²) in [6, 6.07) is 5.60. The van der Waals surface area contributed by atoms with Crippen LogP contribution in [0.25, 0.3) is 0 Å². The summed E-state index contributed by atoms with van der Waals surface area (Å²) in [4.78, 5) is 0. The number of nitrogens with one attached hydrogen (secondary N) is 1. The van der Waals surface area contributed by atoms with E-state index in [2.05, 4.69) is 19.2 Å². The normalized spacial score (nSPS) is 13.8. The fraction of sp³-hybridized carbons (Fsp3) is 0.600. The molecular formula is C15H22F3N. The maximum Gasteiger partial charge on any atom is 0.416 e. The number of halogens is 3. The fourth-order valence-corrected chi connectivity index (χ4v) is 2.31. The summed E-state index contributed by atoms with van der Waals surface area (Å²) in [5.74, 6) is 0.534. The Labute approximate surface area is 113 Å². The minimum absolute atomic E-state index is 0.0211. The first-order valence-corrected chi connectivity index (χ1v) is 6.76. The van der Waals surface area contributed by atoms with Gasteiger partial charge in [0.2, 0.25) is 0 Å². The van der Waals surface area contributed by atoms with Crippen molar-refractivity contribution in [1.29, 1.82) is 0 Å². The van der Waals surface area contributed by atoms with Crippen LogP contribution in [0.1, 0.15) is 50.3 Å². The maximum atomic E-state index is 12.7. The van der Waals surface area contributed by atoms with E-state index in [4.69, 9.17) is 0 Å². The van der Waals surface area contributed by atoms with E-state index < -0.39 is 11.7 Å². The van der Waals surface area contributed by atoms with Crippen molar-refractivity contribution in [3.63, 3.8) is 0 Å². The van der Waals surface area contributed by atoms with Gasteiger partial charge in [0.25, 0.3) is 0 Å². The van der Waals surface area contributed by atoms with Gasteiger partial charge in [-0.05, 0) is 37.1 Å². The molecule has 1 aromatic rings. The van der Waals surface area contributed by atoms with E-state index in [0.29, 0.717) is 11.5 Å². The molecule has 1 rings (SSSR count). The summed E-state index contributed by atoms with van der Waals surface area (Å²) < 4.78 is 38.1. The summed E-state index contributed by atoms with van der Waals surface area (Å²) in [5.41, 5.74) is 0.138. The third-order valence-electron chi connectivity index (χ3n) is 3.69. The van der Waals surface area contributed by atoms with Crippen LogP contribution in [-0.4, -0.2) is 7.05 Å². The molecule has 0 heterocycles. The number of benzene rings is 1. The molecule has 1 atom stereocenters. The second-order valence-electron chi connectivity index (χ2n) is 4.88. The van der Waals surface area contributed by atoms with Gasteiger partial charge < -0.3 is 5.32 Å². The summed E-state index contributed by atoms with van der Waals surface area (Å²) in [5, 5.41) is 3.13. The largest absolute Gasteiger partial charge is 0.416 e. The van der Waals surface area contributed by atoms with Gasteiger partial charge in [0.05, 0.1) is 5.56 Å². The van der Waals surface area contributed by atoms with Gasteiger partial charge in [-0.3, -0.25) is 0 Å². The van der Waals surface area contributed by atoms with Crippen molar-refractivity contribution in [1.82, 2.24) is 5.32 Å². The highest BCUT2D eigenvalue weighted by molar-refractivity contribution is 5.28. The molecule has 1 aromatic carbocycles. The molecule has 1 unspecified atom stereocenters. The van der Waals surface area contributed by atoms with Crippen molar-refractivity contribution in [2.24, 2.45) is 5.92 Å². The average Bonchev–Trinajstić information content (AvgIpc) is 2.39. The first kappa shape index (κ1) is 16.0. The number of hydrogen-bond donors (Lipinski definition) is 1. The molecule has 0 aliphatic carbocycles. The standard InChI is InChI=1S/C15H22F3N/c1-4-11(5-2)9-14(19-3)12-7-6-8-13(10-12)15(16,17)18/h6-8,10-11,14,19H,4-5,9H2,1-3H3. The first-order valence-electron chi connectivity index (χ1n) is 6.76. The van der Waals surface area contributed by atoms with Gasteiger partial charge in [-0.1, -0.05) is 38.8 Å². The van der Waals surface area contributed by atoms with Crippen molar-refractivity contribution in [2.75, 3.05) is 7.05 Å². The Hall–Kier alpha value is -1.03. The minimum Gasteiger partial charge on any atom is -0.313 e. The monoisotopic (exact) mass is 273 g/mol. The average molecular weight is 273 g/mol. The molecule has 19 heavy (non-hydrogen) atoms. The Balaban J connectivity index is 2.92. The summed E-state index contributed by atoms with van der Waals surface area (Å²) >= 11 is 0. The van der Waals surface area contributed by atoms with E-state index in [1.54, 1.807) is 13.1 Å². The fourth-order valence-electron chi connectivity index (χ4n) is 2.31. The predicted octanol–water partition coefficient (Wildman–Crippen LogP) is 4.79. The van der Waals surface area contributed by atoms with Crippen LogP contribution in [0.2, 0.25) is 0 Å². The van der Waals surface area contributed by atoms with Crippen LogP contribution in [0.15, 0.2) is 24.3 Å². The molecule has 108 valence electrons. The highest BCUT2D eigenvalue weighted by Gasteiger charge is 2.31. The second-order valence-corrected chi connectivity index (χ2v) is 4.88. The molecule has 0 aliphatic heterocycles.